The van der Waals surface area contributed by atoms with Crippen molar-refractivity contribution in [3.8, 4) is 0 Å². The van der Waals surface area contributed by atoms with Crippen LogP contribution in [0, 0.1) is 5.92 Å². The lowest BCUT2D eigenvalue weighted by Crippen LogP contribution is -2.46. The number of aliphatic hydroxyl groups is 1. The molecule has 0 bridgehead atoms. The summed E-state index contributed by atoms with van der Waals surface area (Å²) in [7, 11) is 2.07. The van der Waals surface area contributed by atoms with Crippen LogP contribution >= 0.6 is 0 Å². The van der Waals surface area contributed by atoms with Gasteiger partial charge < -0.3 is 15.0 Å². The first kappa shape index (κ1) is 10.3. The molecule has 2 aliphatic rings. The normalized spacial score (nSPS) is 29.9. The summed E-state index contributed by atoms with van der Waals surface area (Å²) in [6.45, 7) is 0.208. The zero-order valence-electron chi connectivity index (χ0n) is 9.69. The van der Waals surface area contributed by atoms with Gasteiger partial charge in [0.2, 0.25) is 0 Å². The third-order valence-electron chi connectivity index (χ3n) is 4.05. The average molecular weight is 221 g/mol. The number of fused-ring (bicyclic) bond motifs is 1. The van der Waals surface area contributed by atoms with E-state index >= 15 is 0 Å². The quantitative estimate of drug-likeness (QED) is 0.775. The molecule has 0 aromatic carbocycles. The topological polar surface area (TPSA) is 50.1 Å². The van der Waals surface area contributed by atoms with Crippen LogP contribution in [0.3, 0.4) is 0 Å². The fourth-order valence-electron chi connectivity index (χ4n) is 2.92. The lowest BCUT2D eigenvalue weighted by Gasteiger charge is -2.39. The van der Waals surface area contributed by atoms with Crippen molar-refractivity contribution in [3.05, 3.63) is 17.7 Å². The van der Waals surface area contributed by atoms with E-state index in [0.29, 0.717) is 6.04 Å². The molecule has 2 N–H and O–H groups in total. The monoisotopic (exact) mass is 221 g/mol. The molecular weight excluding hydrogens is 202 g/mol. The SMILES string of the molecule is Cn1cnc2c1C(C1CCC1)NC(CO)C2. The molecule has 2 unspecified atom stereocenters. The minimum atomic E-state index is 0.188. The summed E-state index contributed by atoms with van der Waals surface area (Å²) in [5, 5.41) is 12.9. The minimum absolute atomic E-state index is 0.188. The fraction of sp³-hybridized carbons (Fsp3) is 0.750. The predicted molar refractivity (Wildman–Crippen MR) is 61.0 cm³/mol. The van der Waals surface area contributed by atoms with E-state index in [0.717, 1.165) is 12.3 Å². The summed E-state index contributed by atoms with van der Waals surface area (Å²) in [6.07, 6.45) is 6.72. The molecule has 16 heavy (non-hydrogen) atoms. The fourth-order valence-corrected chi connectivity index (χ4v) is 2.92. The summed E-state index contributed by atoms with van der Waals surface area (Å²) in [6, 6.07) is 0.593. The molecule has 4 heteroatoms. The van der Waals surface area contributed by atoms with E-state index in [1.807, 2.05) is 6.33 Å². The Bertz CT molecular complexity index is 384. The summed E-state index contributed by atoms with van der Waals surface area (Å²) >= 11 is 0. The van der Waals surface area contributed by atoms with E-state index in [4.69, 9.17) is 0 Å². The number of aryl methyl sites for hydroxylation is 1. The van der Waals surface area contributed by atoms with E-state index in [1.165, 1.54) is 30.7 Å². The van der Waals surface area contributed by atoms with Crippen LogP contribution in [-0.4, -0.2) is 27.3 Å². The highest BCUT2D eigenvalue weighted by Crippen LogP contribution is 2.40. The van der Waals surface area contributed by atoms with Crippen LogP contribution < -0.4 is 5.32 Å². The van der Waals surface area contributed by atoms with Crippen LogP contribution in [0.1, 0.15) is 36.7 Å². The molecule has 3 rings (SSSR count). The van der Waals surface area contributed by atoms with Gasteiger partial charge in [-0.1, -0.05) is 6.42 Å². The van der Waals surface area contributed by atoms with Crippen LogP contribution in [0.5, 0.6) is 0 Å². The van der Waals surface area contributed by atoms with Crippen molar-refractivity contribution in [1.29, 1.82) is 0 Å². The third-order valence-corrected chi connectivity index (χ3v) is 4.05. The number of hydrogen-bond acceptors (Lipinski definition) is 3. The maximum atomic E-state index is 9.32. The smallest absolute Gasteiger partial charge is 0.0949 e. The van der Waals surface area contributed by atoms with Crippen LogP contribution in [-0.2, 0) is 13.5 Å². The van der Waals surface area contributed by atoms with E-state index < -0.39 is 0 Å². The van der Waals surface area contributed by atoms with Crippen LogP contribution in [0.25, 0.3) is 0 Å². The highest BCUT2D eigenvalue weighted by atomic mass is 16.3. The van der Waals surface area contributed by atoms with Crippen molar-refractivity contribution >= 4 is 0 Å². The number of nitrogens with zero attached hydrogens (tertiary/aromatic N) is 2. The maximum absolute atomic E-state index is 9.32. The summed E-state index contributed by atoms with van der Waals surface area (Å²) < 4.78 is 2.14. The molecule has 0 saturated heterocycles. The van der Waals surface area contributed by atoms with E-state index in [9.17, 15) is 5.11 Å². The van der Waals surface area contributed by atoms with Gasteiger partial charge in [0.15, 0.2) is 0 Å². The van der Waals surface area contributed by atoms with Gasteiger partial charge in [-0.05, 0) is 18.8 Å². The number of hydrogen-bond donors (Lipinski definition) is 2. The summed E-state index contributed by atoms with van der Waals surface area (Å²) in [5.41, 5.74) is 2.52. The Balaban J connectivity index is 1.93. The average Bonchev–Trinajstić information content (AvgIpc) is 2.58. The molecule has 2 heterocycles. The van der Waals surface area contributed by atoms with Crippen molar-refractivity contribution in [2.45, 2.75) is 37.8 Å². The molecule has 1 aromatic rings. The molecule has 1 aliphatic heterocycles. The first-order valence-electron chi connectivity index (χ1n) is 6.16. The van der Waals surface area contributed by atoms with Gasteiger partial charge in [0.25, 0.3) is 0 Å². The first-order chi connectivity index (χ1) is 7.79. The molecule has 1 aromatic heterocycles. The Morgan fingerprint density at radius 1 is 1.56 bits per heavy atom. The maximum Gasteiger partial charge on any atom is 0.0949 e. The molecule has 1 fully saturated rings. The van der Waals surface area contributed by atoms with E-state index in [-0.39, 0.29) is 12.6 Å². The largest absolute Gasteiger partial charge is 0.395 e. The van der Waals surface area contributed by atoms with Gasteiger partial charge in [0.05, 0.1) is 30.4 Å². The molecule has 88 valence electrons. The van der Waals surface area contributed by atoms with E-state index in [1.54, 1.807) is 0 Å². The van der Waals surface area contributed by atoms with Crippen LogP contribution in [0.4, 0.5) is 0 Å². The summed E-state index contributed by atoms with van der Waals surface area (Å²) in [5.74, 6) is 0.739. The molecule has 4 nitrogen and oxygen atoms in total. The minimum Gasteiger partial charge on any atom is -0.395 e. The zero-order chi connectivity index (χ0) is 11.1. The third kappa shape index (κ3) is 1.48. The van der Waals surface area contributed by atoms with Gasteiger partial charge in [-0.3, -0.25) is 0 Å². The highest BCUT2D eigenvalue weighted by molar-refractivity contribution is 5.23. The zero-order valence-corrected chi connectivity index (χ0v) is 9.69. The Morgan fingerprint density at radius 3 is 3.00 bits per heavy atom. The Kier molecular flexibility index (Phi) is 2.48. The second-order valence-corrected chi connectivity index (χ2v) is 5.11. The number of aliphatic hydroxyl groups excluding tert-OH is 1. The molecule has 1 saturated carbocycles. The van der Waals surface area contributed by atoms with E-state index in [2.05, 4.69) is 21.9 Å². The van der Waals surface area contributed by atoms with Crippen molar-refractivity contribution in [1.82, 2.24) is 14.9 Å². The van der Waals surface area contributed by atoms with Gasteiger partial charge in [0, 0.05) is 19.5 Å². The number of nitrogens with one attached hydrogen (secondary N) is 1. The second-order valence-electron chi connectivity index (χ2n) is 5.11. The molecule has 0 spiro atoms. The number of rotatable bonds is 2. The lowest BCUT2D eigenvalue weighted by atomic mass is 9.76. The first-order valence-corrected chi connectivity index (χ1v) is 6.16. The van der Waals surface area contributed by atoms with Crippen LogP contribution in [0.15, 0.2) is 6.33 Å². The molecule has 0 radical (unpaired) electrons. The number of aromatic nitrogens is 2. The van der Waals surface area contributed by atoms with Crippen LogP contribution in [0.2, 0.25) is 0 Å². The number of imidazole rings is 1. The van der Waals surface area contributed by atoms with Crippen molar-refractivity contribution < 1.29 is 5.11 Å². The Morgan fingerprint density at radius 2 is 2.38 bits per heavy atom. The predicted octanol–water partition coefficient (Wildman–Crippen LogP) is 0.768. The van der Waals surface area contributed by atoms with Crippen molar-refractivity contribution in [2.75, 3.05) is 6.61 Å². The lowest BCUT2D eigenvalue weighted by molar-refractivity contribution is 0.162. The van der Waals surface area contributed by atoms with Gasteiger partial charge in [-0.25, -0.2) is 4.98 Å². The van der Waals surface area contributed by atoms with Gasteiger partial charge in [0.1, 0.15) is 0 Å². The second kappa shape index (κ2) is 3.86. The Labute approximate surface area is 95.7 Å². The molecule has 1 aliphatic carbocycles. The van der Waals surface area contributed by atoms with Gasteiger partial charge in [-0.15, -0.1) is 0 Å². The van der Waals surface area contributed by atoms with Gasteiger partial charge >= 0.3 is 0 Å². The molecular formula is C12H19N3O. The Hall–Kier alpha value is -0.870. The standard InChI is InChI=1S/C12H19N3O/c1-15-7-13-10-5-9(6-16)14-11(12(10)15)8-3-2-4-8/h7-9,11,14,16H,2-6H2,1H3. The highest BCUT2D eigenvalue weighted by Gasteiger charge is 2.36. The van der Waals surface area contributed by atoms with Crippen molar-refractivity contribution in [3.63, 3.8) is 0 Å². The molecule has 2 atom stereocenters. The van der Waals surface area contributed by atoms with Crippen molar-refractivity contribution in [2.24, 2.45) is 13.0 Å². The molecule has 0 amide bonds. The summed E-state index contributed by atoms with van der Waals surface area (Å²) in [4.78, 5) is 4.46. The van der Waals surface area contributed by atoms with Gasteiger partial charge in [-0.2, -0.15) is 0 Å².